The summed E-state index contributed by atoms with van der Waals surface area (Å²) in [6.45, 7) is 9.07. The Morgan fingerprint density at radius 1 is 0.868 bits per heavy atom. The van der Waals surface area contributed by atoms with Crippen molar-refractivity contribution < 1.29 is 18.7 Å². The standard InChI is InChI=1S/C32H43NO5/c1-5-24(3)31(34)37-20-14-12-10-8-6-7-9-11-13-19-36-29-18-17-26-22-28(32(35)38-30(26)33-29)27-21-23(2)15-16-25(27)4/h15-18,21-22,24H,5-14,19-20H2,1-4H3. The van der Waals surface area contributed by atoms with Crippen molar-refractivity contribution in [3.05, 3.63) is 57.9 Å². The molecule has 3 aromatic rings. The van der Waals surface area contributed by atoms with Crippen LogP contribution in [-0.2, 0) is 9.53 Å². The lowest BCUT2D eigenvalue weighted by Gasteiger charge is -2.09. The molecule has 0 saturated carbocycles. The molecule has 0 aliphatic heterocycles. The van der Waals surface area contributed by atoms with Gasteiger partial charge in [0.15, 0.2) is 0 Å². The van der Waals surface area contributed by atoms with Gasteiger partial charge in [-0.2, -0.15) is 4.98 Å². The summed E-state index contributed by atoms with van der Waals surface area (Å²) in [6.07, 6.45) is 11.1. The van der Waals surface area contributed by atoms with E-state index in [-0.39, 0.29) is 17.5 Å². The van der Waals surface area contributed by atoms with E-state index in [1.807, 2.05) is 64.1 Å². The van der Waals surface area contributed by atoms with Gasteiger partial charge in [0, 0.05) is 11.5 Å². The van der Waals surface area contributed by atoms with Gasteiger partial charge in [0.2, 0.25) is 11.6 Å². The molecule has 0 N–H and O–H groups in total. The summed E-state index contributed by atoms with van der Waals surface area (Å²) in [7, 11) is 0. The Bertz CT molecular complexity index is 1230. The van der Waals surface area contributed by atoms with E-state index in [9.17, 15) is 9.59 Å². The predicted octanol–water partition coefficient (Wildman–Crippen LogP) is 7.95. The molecule has 38 heavy (non-hydrogen) atoms. The number of fused-ring (bicyclic) bond motifs is 1. The molecule has 0 spiro atoms. The molecular weight excluding hydrogens is 478 g/mol. The number of aryl methyl sites for hydroxylation is 2. The van der Waals surface area contributed by atoms with Crippen LogP contribution in [-0.4, -0.2) is 24.2 Å². The summed E-state index contributed by atoms with van der Waals surface area (Å²) in [4.78, 5) is 28.7. The minimum atomic E-state index is -0.388. The van der Waals surface area contributed by atoms with Crippen molar-refractivity contribution in [3.63, 3.8) is 0 Å². The highest BCUT2D eigenvalue weighted by Crippen LogP contribution is 2.25. The Kier molecular flexibility index (Phi) is 11.8. The molecule has 1 atom stereocenters. The van der Waals surface area contributed by atoms with Gasteiger partial charge in [-0.3, -0.25) is 4.79 Å². The van der Waals surface area contributed by atoms with Crippen molar-refractivity contribution in [1.29, 1.82) is 0 Å². The zero-order valence-corrected chi connectivity index (χ0v) is 23.5. The van der Waals surface area contributed by atoms with Crippen LogP contribution in [0.3, 0.4) is 0 Å². The average Bonchev–Trinajstić information content (AvgIpc) is 2.91. The number of nitrogens with zero attached hydrogens (tertiary/aromatic N) is 1. The summed E-state index contributed by atoms with van der Waals surface area (Å²) in [5.41, 5.74) is 3.49. The van der Waals surface area contributed by atoms with Crippen molar-refractivity contribution >= 4 is 17.1 Å². The molecule has 0 aliphatic carbocycles. The van der Waals surface area contributed by atoms with Gasteiger partial charge in [0.1, 0.15) is 0 Å². The maximum Gasteiger partial charge on any atom is 0.345 e. The number of ether oxygens (including phenoxy) is 2. The van der Waals surface area contributed by atoms with E-state index in [1.165, 1.54) is 32.1 Å². The zero-order valence-electron chi connectivity index (χ0n) is 23.5. The number of hydrogen-bond donors (Lipinski definition) is 0. The van der Waals surface area contributed by atoms with Crippen molar-refractivity contribution in [2.24, 2.45) is 5.92 Å². The van der Waals surface area contributed by atoms with Crippen LogP contribution in [0.4, 0.5) is 0 Å². The summed E-state index contributed by atoms with van der Waals surface area (Å²) >= 11 is 0. The number of unbranched alkanes of at least 4 members (excludes halogenated alkanes) is 8. The van der Waals surface area contributed by atoms with Gasteiger partial charge in [0.25, 0.3) is 0 Å². The Morgan fingerprint density at radius 3 is 2.21 bits per heavy atom. The van der Waals surface area contributed by atoms with Crippen LogP contribution in [0.1, 0.15) is 89.2 Å². The number of carbonyl (C=O) groups is 1. The normalized spacial score (nSPS) is 12.0. The second-order valence-corrected chi connectivity index (χ2v) is 10.3. The van der Waals surface area contributed by atoms with Gasteiger partial charge < -0.3 is 13.9 Å². The molecule has 2 heterocycles. The molecule has 0 bridgehead atoms. The highest BCUT2D eigenvalue weighted by Gasteiger charge is 2.12. The topological polar surface area (TPSA) is 78.6 Å². The number of carbonyl (C=O) groups excluding carboxylic acids is 1. The Morgan fingerprint density at radius 2 is 1.53 bits per heavy atom. The molecule has 6 heteroatoms. The second kappa shape index (κ2) is 15.3. The quantitative estimate of drug-likeness (QED) is 0.141. The van der Waals surface area contributed by atoms with Gasteiger partial charge >= 0.3 is 11.6 Å². The highest BCUT2D eigenvalue weighted by molar-refractivity contribution is 5.80. The van der Waals surface area contributed by atoms with E-state index >= 15 is 0 Å². The molecule has 1 unspecified atom stereocenters. The third kappa shape index (κ3) is 9.00. The molecular formula is C32H43NO5. The number of aromatic nitrogens is 1. The maximum absolute atomic E-state index is 12.7. The van der Waals surface area contributed by atoms with Crippen LogP contribution in [0, 0.1) is 19.8 Å². The maximum atomic E-state index is 12.7. The summed E-state index contributed by atoms with van der Waals surface area (Å²) in [5, 5.41) is 0.778. The summed E-state index contributed by atoms with van der Waals surface area (Å²) in [5.74, 6) is 0.423. The average molecular weight is 522 g/mol. The smallest absolute Gasteiger partial charge is 0.345 e. The molecule has 2 aromatic heterocycles. The Hall–Kier alpha value is -3.15. The number of rotatable bonds is 16. The first-order chi connectivity index (χ1) is 18.4. The van der Waals surface area contributed by atoms with Crippen molar-refractivity contribution in [3.8, 4) is 17.0 Å². The Balaban J connectivity index is 1.30. The zero-order chi connectivity index (χ0) is 27.3. The minimum Gasteiger partial charge on any atom is -0.478 e. The SMILES string of the molecule is CCC(C)C(=O)OCCCCCCCCCCCOc1ccc2cc(-c3cc(C)ccc3C)c(=O)oc2n1. The molecule has 0 fully saturated rings. The van der Waals surface area contributed by atoms with E-state index in [4.69, 9.17) is 13.9 Å². The van der Waals surface area contributed by atoms with E-state index in [2.05, 4.69) is 4.98 Å². The van der Waals surface area contributed by atoms with Gasteiger partial charge in [-0.1, -0.05) is 82.6 Å². The summed E-state index contributed by atoms with van der Waals surface area (Å²) < 4.78 is 16.7. The first-order valence-electron chi connectivity index (χ1n) is 14.2. The lowest BCUT2D eigenvalue weighted by molar-refractivity contribution is -0.148. The largest absolute Gasteiger partial charge is 0.478 e. The number of esters is 1. The lowest BCUT2D eigenvalue weighted by atomic mass is 9.99. The lowest BCUT2D eigenvalue weighted by Crippen LogP contribution is -2.14. The number of benzene rings is 1. The van der Waals surface area contributed by atoms with Crippen LogP contribution in [0.25, 0.3) is 22.2 Å². The molecule has 3 rings (SSSR count). The third-order valence-corrected chi connectivity index (χ3v) is 7.05. The number of pyridine rings is 1. The minimum absolute atomic E-state index is 0.00868. The molecule has 6 nitrogen and oxygen atoms in total. The van der Waals surface area contributed by atoms with Crippen molar-refractivity contribution in [2.75, 3.05) is 13.2 Å². The third-order valence-electron chi connectivity index (χ3n) is 7.05. The first-order valence-corrected chi connectivity index (χ1v) is 14.2. The predicted molar refractivity (Wildman–Crippen MR) is 153 cm³/mol. The van der Waals surface area contributed by atoms with E-state index in [0.29, 0.717) is 30.4 Å². The van der Waals surface area contributed by atoms with Crippen LogP contribution in [0.2, 0.25) is 0 Å². The fraction of sp³-hybridized carbons (Fsp3) is 0.531. The fourth-order valence-electron chi connectivity index (χ4n) is 4.38. The van der Waals surface area contributed by atoms with Crippen molar-refractivity contribution in [2.45, 2.75) is 91.9 Å². The Labute approximate surface area is 226 Å². The molecule has 0 amide bonds. The van der Waals surface area contributed by atoms with Gasteiger partial charge in [-0.05, 0) is 56.4 Å². The van der Waals surface area contributed by atoms with E-state index in [0.717, 1.165) is 54.2 Å². The van der Waals surface area contributed by atoms with Crippen LogP contribution in [0.5, 0.6) is 5.88 Å². The van der Waals surface area contributed by atoms with Crippen molar-refractivity contribution in [1.82, 2.24) is 4.98 Å². The fourth-order valence-corrected chi connectivity index (χ4v) is 4.38. The monoisotopic (exact) mass is 521 g/mol. The second-order valence-electron chi connectivity index (χ2n) is 10.3. The van der Waals surface area contributed by atoms with Gasteiger partial charge in [-0.15, -0.1) is 0 Å². The molecule has 0 radical (unpaired) electrons. The van der Waals surface area contributed by atoms with E-state index < -0.39 is 0 Å². The molecule has 1 aromatic carbocycles. The van der Waals surface area contributed by atoms with Crippen LogP contribution >= 0.6 is 0 Å². The molecule has 0 saturated heterocycles. The molecule has 206 valence electrons. The van der Waals surface area contributed by atoms with Crippen LogP contribution in [0.15, 0.2) is 45.6 Å². The first kappa shape index (κ1) is 29.4. The van der Waals surface area contributed by atoms with Gasteiger partial charge in [0.05, 0.1) is 24.7 Å². The highest BCUT2D eigenvalue weighted by atomic mass is 16.5. The number of hydrogen-bond acceptors (Lipinski definition) is 6. The van der Waals surface area contributed by atoms with Gasteiger partial charge in [-0.25, -0.2) is 4.79 Å². The van der Waals surface area contributed by atoms with E-state index in [1.54, 1.807) is 0 Å². The molecule has 0 aliphatic rings. The summed E-state index contributed by atoms with van der Waals surface area (Å²) in [6, 6.07) is 11.6. The van der Waals surface area contributed by atoms with Crippen LogP contribution < -0.4 is 10.4 Å².